The van der Waals surface area contributed by atoms with Gasteiger partial charge in [-0.15, -0.1) is 0 Å². The smallest absolute Gasteiger partial charge is 0.255 e. The van der Waals surface area contributed by atoms with Crippen molar-refractivity contribution in [2.24, 2.45) is 0 Å². The maximum Gasteiger partial charge on any atom is 0.255 e. The van der Waals surface area contributed by atoms with Crippen LogP contribution in [0.2, 0.25) is 5.02 Å². The van der Waals surface area contributed by atoms with Crippen molar-refractivity contribution in [1.29, 1.82) is 0 Å². The van der Waals surface area contributed by atoms with E-state index in [1.807, 2.05) is 0 Å². The number of carbonyl (C=O) groups excluding carboxylic acids is 1. The van der Waals surface area contributed by atoms with Gasteiger partial charge in [-0.3, -0.25) is 4.79 Å². The topological polar surface area (TPSA) is 42.0 Å². The van der Waals surface area contributed by atoms with Gasteiger partial charge >= 0.3 is 0 Å². The molecule has 0 aliphatic carbocycles. The molecule has 3 nitrogen and oxygen atoms in total. The maximum atomic E-state index is 12.0. The number of halogens is 3. The number of hydrogen-bond donors (Lipinski definition) is 1. The number of anilines is 1. The Bertz CT molecular complexity index is 604. The largest absolute Gasteiger partial charge is 0.321 e. The first-order valence-electron chi connectivity index (χ1n) is 4.94. The molecule has 2 aromatic rings. The van der Waals surface area contributed by atoms with E-state index in [1.165, 1.54) is 0 Å². The lowest BCUT2D eigenvalue weighted by atomic mass is 10.2. The Morgan fingerprint density at radius 2 is 2.00 bits per heavy atom. The van der Waals surface area contributed by atoms with E-state index in [1.54, 1.807) is 36.5 Å². The molecule has 2 rings (SSSR count). The molecule has 0 spiro atoms. The average Bonchev–Trinajstić information content (AvgIpc) is 2.34. The fourth-order valence-corrected chi connectivity index (χ4v) is 2.22. The van der Waals surface area contributed by atoms with Crippen LogP contribution in [-0.4, -0.2) is 10.9 Å². The quantitative estimate of drug-likeness (QED) is 0.767. The van der Waals surface area contributed by atoms with E-state index in [0.717, 1.165) is 4.47 Å². The molecule has 6 heteroatoms. The maximum absolute atomic E-state index is 12.0. The lowest BCUT2D eigenvalue weighted by Crippen LogP contribution is -2.12. The van der Waals surface area contributed by atoms with E-state index in [-0.39, 0.29) is 5.91 Å². The minimum atomic E-state index is -0.238. The van der Waals surface area contributed by atoms with Crippen molar-refractivity contribution in [1.82, 2.24) is 4.98 Å². The summed E-state index contributed by atoms with van der Waals surface area (Å²) in [5.41, 5.74) is 1.07. The molecule has 0 aliphatic heterocycles. The zero-order chi connectivity index (χ0) is 13.1. The fraction of sp³-hybridized carbons (Fsp3) is 0. The van der Waals surface area contributed by atoms with Gasteiger partial charge in [0.1, 0.15) is 4.60 Å². The van der Waals surface area contributed by atoms with Crippen molar-refractivity contribution in [3.05, 3.63) is 56.2 Å². The number of nitrogens with zero attached hydrogens (tertiary/aromatic N) is 1. The second-order valence-corrected chi connectivity index (χ2v) is 5.58. The van der Waals surface area contributed by atoms with Crippen LogP contribution >= 0.6 is 43.5 Å². The Kier molecular flexibility index (Phi) is 4.37. The van der Waals surface area contributed by atoms with Crippen molar-refractivity contribution in [2.45, 2.75) is 0 Å². The van der Waals surface area contributed by atoms with E-state index < -0.39 is 0 Å². The number of aromatic nitrogens is 1. The summed E-state index contributed by atoms with van der Waals surface area (Å²) < 4.78 is 1.45. The number of benzene rings is 1. The van der Waals surface area contributed by atoms with Gasteiger partial charge in [-0.25, -0.2) is 4.98 Å². The van der Waals surface area contributed by atoms with Crippen LogP contribution in [0.5, 0.6) is 0 Å². The van der Waals surface area contributed by atoms with Crippen molar-refractivity contribution in [2.75, 3.05) is 5.32 Å². The second-order valence-electron chi connectivity index (χ2n) is 3.45. The van der Waals surface area contributed by atoms with E-state index in [2.05, 4.69) is 42.2 Å². The van der Waals surface area contributed by atoms with Crippen molar-refractivity contribution in [3.8, 4) is 0 Å². The number of nitrogens with one attached hydrogen (secondary N) is 1. The third kappa shape index (κ3) is 3.31. The first-order chi connectivity index (χ1) is 8.56. The molecule has 0 fully saturated rings. The second kappa shape index (κ2) is 5.82. The number of hydrogen-bond acceptors (Lipinski definition) is 2. The van der Waals surface area contributed by atoms with Gasteiger partial charge in [0.05, 0.1) is 10.7 Å². The van der Waals surface area contributed by atoms with E-state index in [4.69, 9.17) is 11.6 Å². The minimum absolute atomic E-state index is 0.238. The Morgan fingerprint density at radius 1 is 1.22 bits per heavy atom. The van der Waals surface area contributed by atoms with Gasteiger partial charge in [-0.1, -0.05) is 27.5 Å². The first-order valence-corrected chi connectivity index (χ1v) is 6.90. The summed E-state index contributed by atoms with van der Waals surface area (Å²) in [7, 11) is 0. The van der Waals surface area contributed by atoms with E-state index in [9.17, 15) is 4.79 Å². The molecule has 92 valence electrons. The predicted octanol–water partition coefficient (Wildman–Crippen LogP) is 4.51. The number of amides is 1. The molecule has 1 heterocycles. The zero-order valence-electron chi connectivity index (χ0n) is 8.95. The summed E-state index contributed by atoms with van der Waals surface area (Å²) in [6.45, 7) is 0. The van der Waals surface area contributed by atoms with Gasteiger partial charge in [-0.2, -0.15) is 0 Å². The molecule has 1 N–H and O–H groups in total. The molecule has 0 unspecified atom stereocenters. The SMILES string of the molecule is O=C(Nc1cc(Br)ccc1Cl)c1ccnc(Br)c1. The Balaban J connectivity index is 2.24. The van der Waals surface area contributed by atoms with E-state index in [0.29, 0.717) is 20.9 Å². The molecule has 1 aromatic carbocycles. The highest BCUT2D eigenvalue weighted by atomic mass is 79.9. The molecule has 0 bridgehead atoms. The Hall–Kier alpha value is -0.910. The highest BCUT2D eigenvalue weighted by Gasteiger charge is 2.09. The van der Waals surface area contributed by atoms with Gasteiger partial charge in [0.2, 0.25) is 0 Å². The summed E-state index contributed by atoms with van der Waals surface area (Å²) in [4.78, 5) is 16.0. The van der Waals surface area contributed by atoms with E-state index >= 15 is 0 Å². The number of carbonyl (C=O) groups is 1. The minimum Gasteiger partial charge on any atom is -0.321 e. The van der Waals surface area contributed by atoms with Crippen LogP contribution in [0.4, 0.5) is 5.69 Å². The summed E-state index contributed by atoms with van der Waals surface area (Å²) in [6.07, 6.45) is 1.56. The van der Waals surface area contributed by atoms with Gasteiger partial charge in [0, 0.05) is 16.2 Å². The van der Waals surface area contributed by atoms with Crippen molar-refractivity contribution >= 4 is 55.1 Å². The third-order valence-corrected chi connectivity index (χ3v) is 3.42. The molecule has 0 saturated carbocycles. The summed E-state index contributed by atoms with van der Waals surface area (Å²) in [6, 6.07) is 8.54. The Morgan fingerprint density at radius 3 is 2.72 bits per heavy atom. The molecular weight excluding hydrogens is 383 g/mol. The molecule has 0 aliphatic rings. The zero-order valence-corrected chi connectivity index (χ0v) is 12.9. The molecule has 0 saturated heterocycles. The molecule has 0 atom stereocenters. The third-order valence-electron chi connectivity index (χ3n) is 2.17. The highest BCUT2D eigenvalue weighted by Crippen LogP contribution is 2.26. The van der Waals surface area contributed by atoms with Gasteiger partial charge < -0.3 is 5.32 Å². The lowest BCUT2D eigenvalue weighted by Gasteiger charge is -2.07. The summed E-state index contributed by atoms with van der Waals surface area (Å²) in [5.74, 6) is -0.238. The van der Waals surface area contributed by atoms with Crippen molar-refractivity contribution in [3.63, 3.8) is 0 Å². The monoisotopic (exact) mass is 388 g/mol. The summed E-state index contributed by atoms with van der Waals surface area (Å²) in [5, 5.41) is 3.23. The van der Waals surface area contributed by atoms with Crippen LogP contribution in [0.15, 0.2) is 45.6 Å². The predicted molar refractivity (Wildman–Crippen MR) is 79.0 cm³/mol. The van der Waals surface area contributed by atoms with Crippen LogP contribution in [0.1, 0.15) is 10.4 Å². The molecule has 1 amide bonds. The van der Waals surface area contributed by atoms with Gasteiger partial charge in [0.15, 0.2) is 0 Å². The van der Waals surface area contributed by atoms with Gasteiger partial charge in [-0.05, 0) is 46.3 Å². The molecule has 0 radical (unpaired) electrons. The van der Waals surface area contributed by atoms with Crippen LogP contribution in [-0.2, 0) is 0 Å². The normalized spacial score (nSPS) is 10.2. The lowest BCUT2D eigenvalue weighted by molar-refractivity contribution is 0.102. The van der Waals surface area contributed by atoms with Crippen molar-refractivity contribution < 1.29 is 4.79 Å². The highest BCUT2D eigenvalue weighted by molar-refractivity contribution is 9.10. The molecule has 1 aromatic heterocycles. The van der Waals surface area contributed by atoms with Crippen LogP contribution in [0, 0.1) is 0 Å². The molecular formula is C12H7Br2ClN2O. The average molecular weight is 390 g/mol. The van der Waals surface area contributed by atoms with Crippen LogP contribution in [0.25, 0.3) is 0 Å². The first kappa shape index (κ1) is 13.5. The Labute approximate surface area is 126 Å². The number of rotatable bonds is 2. The standard InChI is InChI=1S/C12H7Br2ClN2O/c13-8-1-2-9(15)10(6-8)17-12(18)7-3-4-16-11(14)5-7/h1-6H,(H,17,18). The fourth-order valence-electron chi connectivity index (χ4n) is 1.33. The summed E-state index contributed by atoms with van der Waals surface area (Å²) >= 11 is 12.5. The number of pyridine rings is 1. The van der Waals surface area contributed by atoms with Crippen LogP contribution in [0.3, 0.4) is 0 Å². The van der Waals surface area contributed by atoms with Gasteiger partial charge in [0.25, 0.3) is 5.91 Å². The van der Waals surface area contributed by atoms with Crippen LogP contribution < -0.4 is 5.32 Å². The molecule has 18 heavy (non-hydrogen) atoms.